The van der Waals surface area contributed by atoms with E-state index in [2.05, 4.69) is 10.6 Å². The van der Waals surface area contributed by atoms with Crippen LogP contribution >= 0.6 is 0 Å². The van der Waals surface area contributed by atoms with Crippen LogP contribution in [0.1, 0.15) is 25.0 Å². The van der Waals surface area contributed by atoms with E-state index in [1.54, 1.807) is 7.05 Å². The Labute approximate surface area is 102 Å². The van der Waals surface area contributed by atoms with E-state index in [-0.39, 0.29) is 12.5 Å². The Morgan fingerprint density at radius 1 is 1.35 bits per heavy atom. The van der Waals surface area contributed by atoms with Gasteiger partial charge in [0.25, 0.3) is 0 Å². The first kappa shape index (κ1) is 13.7. The molecule has 0 bridgehead atoms. The lowest BCUT2D eigenvalue weighted by Crippen LogP contribution is -2.50. The predicted octanol–water partition coefficient (Wildman–Crippen LogP) is 0.793. The van der Waals surface area contributed by atoms with Crippen LogP contribution in [-0.2, 0) is 17.9 Å². The average molecular weight is 236 g/mol. The van der Waals surface area contributed by atoms with Crippen LogP contribution in [0.4, 0.5) is 0 Å². The number of carbonyl (C=O) groups excluding carboxylic acids is 1. The molecule has 0 spiro atoms. The number of carbonyl (C=O) groups is 1. The molecule has 0 fully saturated rings. The molecule has 4 nitrogen and oxygen atoms in total. The molecular formula is C13H20N2O2. The van der Waals surface area contributed by atoms with Gasteiger partial charge >= 0.3 is 0 Å². The van der Waals surface area contributed by atoms with Crippen LogP contribution in [0.2, 0.25) is 0 Å². The van der Waals surface area contributed by atoms with Crippen molar-refractivity contribution in [2.24, 2.45) is 0 Å². The number of hydrogen-bond acceptors (Lipinski definition) is 3. The molecule has 0 unspecified atom stereocenters. The van der Waals surface area contributed by atoms with E-state index in [0.717, 1.165) is 11.1 Å². The summed E-state index contributed by atoms with van der Waals surface area (Å²) in [6, 6.07) is 7.53. The molecular weight excluding hydrogens is 216 g/mol. The van der Waals surface area contributed by atoms with Crippen molar-refractivity contribution in [3.8, 4) is 0 Å². The van der Waals surface area contributed by atoms with E-state index in [4.69, 9.17) is 5.11 Å². The number of hydrogen-bond donors (Lipinski definition) is 3. The van der Waals surface area contributed by atoms with Crippen LogP contribution in [0.3, 0.4) is 0 Å². The molecule has 4 heteroatoms. The van der Waals surface area contributed by atoms with Crippen LogP contribution in [0.25, 0.3) is 0 Å². The highest BCUT2D eigenvalue weighted by Gasteiger charge is 2.24. The lowest BCUT2D eigenvalue weighted by molar-refractivity contribution is -0.126. The van der Waals surface area contributed by atoms with Crippen molar-refractivity contribution in [3.05, 3.63) is 35.4 Å². The molecule has 1 aromatic rings. The Balaban J connectivity index is 2.58. The largest absolute Gasteiger partial charge is 0.392 e. The van der Waals surface area contributed by atoms with Gasteiger partial charge in [0.1, 0.15) is 0 Å². The molecule has 94 valence electrons. The first-order valence-electron chi connectivity index (χ1n) is 5.65. The summed E-state index contributed by atoms with van der Waals surface area (Å²) in [5.41, 5.74) is 1.26. The third-order valence-corrected chi connectivity index (χ3v) is 2.82. The summed E-state index contributed by atoms with van der Waals surface area (Å²) >= 11 is 0. The Bertz CT molecular complexity index is 389. The van der Waals surface area contributed by atoms with Gasteiger partial charge in [-0.05, 0) is 32.0 Å². The van der Waals surface area contributed by atoms with Crippen molar-refractivity contribution in [2.45, 2.75) is 32.5 Å². The topological polar surface area (TPSA) is 61.4 Å². The maximum Gasteiger partial charge on any atom is 0.239 e. The molecule has 0 atom stereocenters. The van der Waals surface area contributed by atoms with E-state index >= 15 is 0 Å². The molecule has 0 radical (unpaired) electrons. The summed E-state index contributed by atoms with van der Waals surface area (Å²) in [5.74, 6) is -0.0469. The fraction of sp³-hybridized carbons (Fsp3) is 0.462. The van der Waals surface area contributed by atoms with Gasteiger partial charge in [0.05, 0.1) is 12.1 Å². The van der Waals surface area contributed by atoms with Gasteiger partial charge in [0.15, 0.2) is 0 Å². The number of rotatable bonds is 5. The van der Waals surface area contributed by atoms with Gasteiger partial charge in [-0.2, -0.15) is 0 Å². The Morgan fingerprint density at radius 3 is 2.59 bits per heavy atom. The quantitative estimate of drug-likeness (QED) is 0.708. The minimum Gasteiger partial charge on any atom is -0.392 e. The van der Waals surface area contributed by atoms with E-state index in [1.807, 2.05) is 38.1 Å². The highest BCUT2D eigenvalue weighted by atomic mass is 16.3. The molecule has 0 aliphatic rings. The summed E-state index contributed by atoms with van der Waals surface area (Å²) < 4.78 is 0. The minimum absolute atomic E-state index is 0.0177. The fourth-order valence-corrected chi connectivity index (χ4v) is 1.35. The van der Waals surface area contributed by atoms with Crippen molar-refractivity contribution in [2.75, 3.05) is 7.05 Å². The van der Waals surface area contributed by atoms with E-state index in [9.17, 15) is 4.79 Å². The third-order valence-electron chi connectivity index (χ3n) is 2.82. The zero-order valence-corrected chi connectivity index (χ0v) is 10.6. The highest BCUT2D eigenvalue weighted by molar-refractivity contribution is 5.85. The molecule has 0 aromatic heterocycles. The molecule has 1 amide bonds. The summed E-state index contributed by atoms with van der Waals surface area (Å²) in [5, 5.41) is 14.8. The highest BCUT2D eigenvalue weighted by Crippen LogP contribution is 2.06. The molecule has 0 heterocycles. The summed E-state index contributed by atoms with van der Waals surface area (Å²) in [6.45, 7) is 4.14. The van der Waals surface area contributed by atoms with Gasteiger partial charge in [-0.3, -0.25) is 4.79 Å². The average Bonchev–Trinajstić information content (AvgIpc) is 2.36. The number of benzene rings is 1. The van der Waals surface area contributed by atoms with E-state index in [0.29, 0.717) is 6.54 Å². The van der Waals surface area contributed by atoms with Gasteiger partial charge in [0, 0.05) is 6.54 Å². The monoisotopic (exact) mass is 236 g/mol. The van der Waals surface area contributed by atoms with Crippen LogP contribution in [0, 0.1) is 0 Å². The molecule has 0 aliphatic heterocycles. The normalized spacial score (nSPS) is 11.3. The van der Waals surface area contributed by atoms with Gasteiger partial charge in [-0.15, -0.1) is 0 Å². The lowest BCUT2D eigenvalue weighted by Gasteiger charge is -2.22. The van der Waals surface area contributed by atoms with Crippen LogP contribution in [0.5, 0.6) is 0 Å². The first-order chi connectivity index (χ1) is 7.99. The standard InChI is InChI=1S/C13H20N2O2/c1-13(2,14-3)12(17)15-8-10-5-4-6-11(7-10)9-16/h4-7,14,16H,8-9H2,1-3H3,(H,15,17). The van der Waals surface area contributed by atoms with Crippen molar-refractivity contribution in [1.29, 1.82) is 0 Å². The van der Waals surface area contributed by atoms with E-state index < -0.39 is 5.54 Å². The summed E-state index contributed by atoms with van der Waals surface area (Å²) in [6.07, 6.45) is 0. The SMILES string of the molecule is CNC(C)(C)C(=O)NCc1cccc(CO)c1. The number of aliphatic hydroxyl groups excluding tert-OH is 1. The maximum absolute atomic E-state index is 11.8. The fourth-order valence-electron chi connectivity index (χ4n) is 1.35. The van der Waals surface area contributed by atoms with Gasteiger partial charge in [-0.25, -0.2) is 0 Å². The Kier molecular flexibility index (Phi) is 4.66. The molecule has 3 N–H and O–H groups in total. The second-order valence-electron chi connectivity index (χ2n) is 4.54. The number of likely N-dealkylation sites (N-methyl/N-ethyl adjacent to an activating group) is 1. The Hall–Kier alpha value is -1.39. The van der Waals surface area contributed by atoms with Gasteiger partial charge < -0.3 is 15.7 Å². The van der Waals surface area contributed by atoms with Crippen molar-refractivity contribution >= 4 is 5.91 Å². The Morgan fingerprint density at radius 2 is 2.00 bits per heavy atom. The molecule has 0 saturated heterocycles. The first-order valence-corrected chi connectivity index (χ1v) is 5.65. The molecule has 1 aromatic carbocycles. The van der Waals surface area contributed by atoms with Gasteiger partial charge in [0.2, 0.25) is 5.91 Å². The van der Waals surface area contributed by atoms with Crippen molar-refractivity contribution in [3.63, 3.8) is 0 Å². The predicted molar refractivity (Wildman–Crippen MR) is 67.4 cm³/mol. The molecule has 1 rings (SSSR count). The van der Waals surface area contributed by atoms with Crippen molar-refractivity contribution < 1.29 is 9.90 Å². The van der Waals surface area contributed by atoms with Crippen LogP contribution in [0.15, 0.2) is 24.3 Å². The van der Waals surface area contributed by atoms with Crippen LogP contribution < -0.4 is 10.6 Å². The zero-order chi connectivity index (χ0) is 12.9. The summed E-state index contributed by atoms with van der Waals surface area (Å²) in [4.78, 5) is 11.8. The lowest BCUT2D eigenvalue weighted by atomic mass is 10.0. The summed E-state index contributed by atoms with van der Waals surface area (Å²) in [7, 11) is 1.76. The van der Waals surface area contributed by atoms with Crippen molar-refractivity contribution in [1.82, 2.24) is 10.6 Å². The molecule has 17 heavy (non-hydrogen) atoms. The van der Waals surface area contributed by atoms with E-state index in [1.165, 1.54) is 0 Å². The third kappa shape index (κ3) is 3.84. The number of amides is 1. The molecule has 0 saturated carbocycles. The maximum atomic E-state index is 11.8. The smallest absolute Gasteiger partial charge is 0.239 e. The number of aliphatic hydroxyl groups is 1. The second-order valence-corrected chi connectivity index (χ2v) is 4.54. The minimum atomic E-state index is -0.575. The second kappa shape index (κ2) is 5.80. The van der Waals surface area contributed by atoms with Gasteiger partial charge in [-0.1, -0.05) is 24.3 Å². The molecule has 0 aliphatic carbocycles. The van der Waals surface area contributed by atoms with Crippen LogP contribution in [-0.4, -0.2) is 23.6 Å². The number of nitrogens with one attached hydrogen (secondary N) is 2. The zero-order valence-electron chi connectivity index (χ0n) is 10.6.